The molecule has 2 aromatic rings. The average molecular weight is 206 g/mol. The van der Waals surface area contributed by atoms with Crippen molar-refractivity contribution in [2.24, 2.45) is 0 Å². The Balaban J connectivity index is 2.51. The monoisotopic (exact) mass is 206 g/mol. The normalized spacial score (nSPS) is 13.3. The van der Waals surface area contributed by atoms with Crippen molar-refractivity contribution in [3.8, 4) is 0 Å². The molecule has 1 unspecified atom stereocenters. The summed E-state index contributed by atoms with van der Waals surface area (Å²) in [5.74, 6) is 0.297. The Labute approximate surface area is 88.0 Å². The number of hydrogen-bond donors (Lipinski definition) is 1. The molecule has 2 rings (SSSR count). The van der Waals surface area contributed by atoms with Gasteiger partial charge in [0.15, 0.2) is 0 Å². The van der Waals surface area contributed by atoms with Crippen LogP contribution in [-0.4, -0.2) is 11.7 Å². The largest absolute Gasteiger partial charge is 0.396 e. The van der Waals surface area contributed by atoms with E-state index in [0.717, 1.165) is 6.42 Å². The van der Waals surface area contributed by atoms with Crippen molar-refractivity contribution >= 4 is 21.4 Å². The molecule has 1 nitrogen and oxygen atoms in total. The molecule has 1 heterocycles. The second kappa shape index (κ2) is 4.11. The summed E-state index contributed by atoms with van der Waals surface area (Å²) in [6.07, 6.45) is 0.997. The number of hydrogen-bond acceptors (Lipinski definition) is 2. The molecular weight excluding hydrogens is 192 g/mol. The van der Waals surface area contributed by atoms with Crippen molar-refractivity contribution in [1.82, 2.24) is 0 Å². The van der Waals surface area contributed by atoms with E-state index in [4.69, 9.17) is 0 Å². The van der Waals surface area contributed by atoms with Crippen LogP contribution in [0.4, 0.5) is 0 Å². The summed E-state index contributed by atoms with van der Waals surface area (Å²) < 4.78 is 1.31. The Bertz CT molecular complexity index is 415. The molecule has 2 heteroatoms. The van der Waals surface area contributed by atoms with Crippen LogP contribution < -0.4 is 0 Å². The third-order valence-electron chi connectivity index (χ3n) is 2.66. The first-order chi connectivity index (χ1) is 6.86. The second-order valence-corrected chi connectivity index (χ2v) is 4.39. The Morgan fingerprint density at radius 3 is 2.86 bits per heavy atom. The number of aliphatic hydroxyl groups excluding tert-OH is 1. The molecule has 0 bridgehead atoms. The van der Waals surface area contributed by atoms with Crippen molar-refractivity contribution in [2.45, 2.75) is 19.3 Å². The quantitative estimate of drug-likeness (QED) is 0.816. The first-order valence-electron chi connectivity index (χ1n) is 4.93. The molecule has 1 N–H and O–H groups in total. The van der Waals surface area contributed by atoms with E-state index < -0.39 is 0 Å². The molecule has 1 atom stereocenters. The van der Waals surface area contributed by atoms with Gasteiger partial charge in [-0.1, -0.05) is 25.1 Å². The molecule has 14 heavy (non-hydrogen) atoms. The highest BCUT2D eigenvalue weighted by Gasteiger charge is 2.12. The highest BCUT2D eigenvalue weighted by molar-refractivity contribution is 7.17. The zero-order valence-corrected chi connectivity index (χ0v) is 9.05. The predicted octanol–water partition coefficient (Wildman–Crippen LogP) is 3.39. The molecule has 1 aromatic heterocycles. The van der Waals surface area contributed by atoms with Crippen molar-refractivity contribution in [1.29, 1.82) is 0 Å². The van der Waals surface area contributed by atoms with Gasteiger partial charge in [0.25, 0.3) is 0 Å². The molecular formula is C12H14OS. The van der Waals surface area contributed by atoms with Crippen molar-refractivity contribution in [3.63, 3.8) is 0 Å². The Morgan fingerprint density at radius 2 is 2.14 bits per heavy atom. The van der Waals surface area contributed by atoms with Gasteiger partial charge in [0.2, 0.25) is 0 Å². The summed E-state index contributed by atoms with van der Waals surface area (Å²) >= 11 is 1.76. The zero-order chi connectivity index (χ0) is 9.97. The summed E-state index contributed by atoms with van der Waals surface area (Å²) in [5, 5.41) is 12.7. The maximum Gasteiger partial charge on any atom is 0.0500 e. The molecule has 0 aliphatic rings. The minimum Gasteiger partial charge on any atom is -0.396 e. The summed E-state index contributed by atoms with van der Waals surface area (Å²) in [4.78, 5) is 0. The van der Waals surface area contributed by atoms with E-state index in [9.17, 15) is 5.11 Å². The van der Waals surface area contributed by atoms with Crippen molar-refractivity contribution in [3.05, 3.63) is 35.2 Å². The highest BCUT2D eigenvalue weighted by Crippen LogP contribution is 2.32. The van der Waals surface area contributed by atoms with E-state index in [1.807, 2.05) is 0 Å². The molecule has 0 fully saturated rings. The Kier molecular flexibility index (Phi) is 2.85. The fourth-order valence-corrected chi connectivity index (χ4v) is 2.81. The zero-order valence-electron chi connectivity index (χ0n) is 8.23. The van der Waals surface area contributed by atoms with Gasteiger partial charge in [-0.2, -0.15) is 0 Å². The lowest BCUT2D eigenvalue weighted by atomic mass is 9.97. The number of fused-ring (bicyclic) bond motifs is 1. The van der Waals surface area contributed by atoms with Gasteiger partial charge in [-0.3, -0.25) is 0 Å². The molecule has 74 valence electrons. The lowest BCUT2D eigenvalue weighted by Crippen LogP contribution is -2.01. The van der Waals surface area contributed by atoms with E-state index in [0.29, 0.717) is 5.92 Å². The maximum absolute atomic E-state index is 9.26. The molecule has 0 aliphatic carbocycles. The first-order valence-corrected chi connectivity index (χ1v) is 5.81. The fraction of sp³-hybridized carbons (Fsp3) is 0.333. The molecule has 0 spiro atoms. The smallest absolute Gasteiger partial charge is 0.0500 e. The highest BCUT2D eigenvalue weighted by atomic mass is 32.1. The van der Waals surface area contributed by atoms with Gasteiger partial charge >= 0.3 is 0 Å². The lowest BCUT2D eigenvalue weighted by Gasteiger charge is -2.09. The predicted molar refractivity (Wildman–Crippen MR) is 61.9 cm³/mol. The molecule has 0 amide bonds. The minimum absolute atomic E-state index is 0.247. The summed E-state index contributed by atoms with van der Waals surface area (Å²) in [6.45, 7) is 2.37. The van der Waals surface area contributed by atoms with Crippen LogP contribution in [0.25, 0.3) is 10.1 Å². The van der Waals surface area contributed by atoms with Crippen LogP contribution in [0.2, 0.25) is 0 Å². The van der Waals surface area contributed by atoms with Crippen molar-refractivity contribution in [2.75, 3.05) is 6.61 Å². The Morgan fingerprint density at radius 1 is 1.36 bits per heavy atom. The third-order valence-corrected chi connectivity index (χ3v) is 3.65. The average Bonchev–Trinajstić information content (AvgIpc) is 2.65. The van der Waals surface area contributed by atoms with E-state index in [-0.39, 0.29) is 6.61 Å². The van der Waals surface area contributed by atoms with Crippen LogP contribution in [0.3, 0.4) is 0 Å². The molecule has 0 saturated carbocycles. The standard InChI is InChI=1S/C12H14OS/c1-2-9(7-13)11-8-14-12-6-4-3-5-10(11)12/h3-6,8-9,13H,2,7H2,1H3. The van der Waals surface area contributed by atoms with Gasteiger partial charge in [0, 0.05) is 17.2 Å². The fourth-order valence-electron chi connectivity index (χ4n) is 1.76. The number of aliphatic hydroxyl groups is 1. The van der Waals surface area contributed by atoms with Crippen LogP contribution in [0, 0.1) is 0 Å². The van der Waals surface area contributed by atoms with E-state index in [2.05, 4.69) is 36.6 Å². The van der Waals surface area contributed by atoms with E-state index >= 15 is 0 Å². The van der Waals surface area contributed by atoms with Crippen LogP contribution >= 0.6 is 11.3 Å². The minimum atomic E-state index is 0.247. The maximum atomic E-state index is 9.26. The molecule has 0 saturated heterocycles. The summed E-state index contributed by atoms with van der Waals surface area (Å²) in [7, 11) is 0. The first kappa shape index (κ1) is 9.69. The molecule has 0 radical (unpaired) electrons. The SMILES string of the molecule is CCC(CO)c1csc2ccccc12. The van der Waals surface area contributed by atoms with Crippen molar-refractivity contribution < 1.29 is 5.11 Å². The topological polar surface area (TPSA) is 20.2 Å². The summed E-state index contributed by atoms with van der Waals surface area (Å²) in [5.41, 5.74) is 1.30. The van der Waals surface area contributed by atoms with Gasteiger partial charge in [0.1, 0.15) is 0 Å². The lowest BCUT2D eigenvalue weighted by molar-refractivity contribution is 0.263. The Hall–Kier alpha value is -0.860. The molecule has 0 aliphatic heterocycles. The third kappa shape index (κ3) is 1.56. The van der Waals surface area contributed by atoms with E-state index in [1.54, 1.807) is 11.3 Å². The second-order valence-electron chi connectivity index (χ2n) is 3.47. The van der Waals surface area contributed by atoms with Gasteiger partial charge in [0.05, 0.1) is 0 Å². The summed E-state index contributed by atoms with van der Waals surface area (Å²) in [6, 6.07) is 8.39. The molecule has 1 aromatic carbocycles. The van der Waals surface area contributed by atoms with Gasteiger partial charge < -0.3 is 5.11 Å². The van der Waals surface area contributed by atoms with Gasteiger partial charge in [-0.15, -0.1) is 11.3 Å². The van der Waals surface area contributed by atoms with Crippen LogP contribution in [-0.2, 0) is 0 Å². The van der Waals surface area contributed by atoms with Gasteiger partial charge in [-0.25, -0.2) is 0 Å². The van der Waals surface area contributed by atoms with Gasteiger partial charge in [-0.05, 0) is 28.8 Å². The van der Waals surface area contributed by atoms with Crippen LogP contribution in [0.1, 0.15) is 24.8 Å². The van der Waals surface area contributed by atoms with Crippen LogP contribution in [0.5, 0.6) is 0 Å². The van der Waals surface area contributed by atoms with E-state index in [1.165, 1.54) is 15.6 Å². The number of rotatable bonds is 3. The van der Waals surface area contributed by atoms with Crippen LogP contribution in [0.15, 0.2) is 29.6 Å². The number of thiophene rings is 1. The number of benzene rings is 1.